The predicted octanol–water partition coefficient (Wildman–Crippen LogP) is 4.45. The SMILES string of the molecule is CC(C)(C)Nc1ccc(Nc2ccc(C=O)cc2)cc1. The van der Waals surface area contributed by atoms with Crippen molar-refractivity contribution in [1.82, 2.24) is 0 Å². The quantitative estimate of drug-likeness (QED) is 0.805. The second-order valence-electron chi connectivity index (χ2n) is 5.82. The van der Waals surface area contributed by atoms with Crippen LogP contribution in [0.4, 0.5) is 17.1 Å². The number of hydrogen-bond donors (Lipinski definition) is 2. The van der Waals surface area contributed by atoms with E-state index in [2.05, 4.69) is 31.4 Å². The van der Waals surface area contributed by atoms with Gasteiger partial charge in [-0.3, -0.25) is 4.79 Å². The maximum Gasteiger partial charge on any atom is 0.150 e. The van der Waals surface area contributed by atoms with Crippen LogP contribution in [0.15, 0.2) is 48.5 Å². The van der Waals surface area contributed by atoms with Crippen LogP contribution in [0.5, 0.6) is 0 Å². The van der Waals surface area contributed by atoms with E-state index in [-0.39, 0.29) is 5.54 Å². The molecule has 0 saturated carbocycles. The van der Waals surface area contributed by atoms with Crippen LogP contribution in [-0.2, 0) is 0 Å². The molecule has 2 aromatic rings. The fourth-order valence-electron chi connectivity index (χ4n) is 1.88. The Morgan fingerprint density at radius 1 is 0.800 bits per heavy atom. The molecule has 0 saturated heterocycles. The van der Waals surface area contributed by atoms with Crippen LogP contribution in [0, 0.1) is 0 Å². The fraction of sp³-hybridized carbons (Fsp3) is 0.235. The number of rotatable bonds is 4. The second kappa shape index (κ2) is 5.78. The van der Waals surface area contributed by atoms with Crippen LogP contribution >= 0.6 is 0 Å². The van der Waals surface area contributed by atoms with Gasteiger partial charge in [-0.05, 0) is 69.3 Å². The van der Waals surface area contributed by atoms with E-state index < -0.39 is 0 Å². The maximum absolute atomic E-state index is 10.6. The number of benzene rings is 2. The van der Waals surface area contributed by atoms with Gasteiger partial charge in [-0.15, -0.1) is 0 Å². The molecule has 0 spiro atoms. The van der Waals surface area contributed by atoms with Crippen molar-refractivity contribution in [2.24, 2.45) is 0 Å². The van der Waals surface area contributed by atoms with E-state index in [1.165, 1.54) is 0 Å². The molecular formula is C17H20N2O. The molecule has 104 valence electrons. The summed E-state index contributed by atoms with van der Waals surface area (Å²) in [6.07, 6.45) is 0.844. The summed E-state index contributed by atoms with van der Waals surface area (Å²) < 4.78 is 0. The maximum atomic E-state index is 10.6. The Hall–Kier alpha value is -2.29. The van der Waals surface area contributed by atoms with E-state index in [1.54, 1.807) is 12.1 Å². The smallest absolute Gasteiger partial charge is 0.150 e. The number of hydrogen-bond acceptors (Lipinski definition) is 3. The molecule has 20 heavy (non-hydrogen) atoms. The number of anilines is 3. The first kappa shape index (κ1) is 14.1. The molecule has 0 unspecified atom stereocenters. The van der Waals surface area contributed by atoms with Crippen LogP contribution in [0.3, 0.4) is 0 Å². The number of aldehydes is 1. The Kier molecular flexibility index (Phi) is 4.08. The summed E-state index contributed by atoms with van der Waals surface area (Å²) in [7, 11) is 0. The monoisotopic (exact) mass is 268 g/mol. The predicted molar refractivity (Wildman–Crippen MR) is 84.9 cm³/mol. The van der Waals surface area contributed by atoms with Crippen LogP contribution < -0.4 is 10.6 Å². The minimum atomic E-state index is 0.0552. The van der Waals surface area contributed by atoms with Crippen molar-refractivity contribution in [3.63, 3.8) is 0 Å². The third-order valence-electron chi connectivity index (χ3n) is 2.74. The Morgan fingerprint density at radius 3 is 1.70 bits per heavy atom. The zero-order valence-electron chi connectivity index (χ0n) is 12.1. The molecule has 0 aliphatic carbocycles. The molecule has 0 amide bonds. The number of carbonyl (C=O) groups excluding carboxylic acids is 1. The molecule has 3 heteroatoms. The summed E-state index contributed by atoms with van der Waals surface area (Å²) >= 11 is 0. The molecule has 0 aliphatic heterocycles. The highest BCUT2D eigenvalue weighted by Crippen LogP contribution is 2.21. The molecule has 0 fully saturated rings. The molecule has 0 heterocycles. The van der Waals surface area contributed by atoms with Crippen molar-refractivity contribution < 1.29 is 4.79 Å². The molecule has 2 N–H and O–H groups in total. The third-order valence-corrected chi connectivity index (χ3v) is 2.74. The van der Waals surface area contributed by atoms with E-state index in [4.69, 9.17) is 0 Å². The Morgan fingerprint density at radius 2 is 1.25 bits per heavy atom. The van der Waals surface area contributed by atoms with Crippen molar-refractivity contribution in [1.29, 1.82) is 0 Å². The summed E-state index contributed by atoms with van der Waals surface area (Å²) in [6, 6.07) is 15.5. The summed E-state index contributed by atoms with van der Waals surface area (Å²) in [6.45, 7) is 6.40. The molecule has 0 atom stereocenters. The summed E-state index contributed by atoms with van der Waals surface area (Å²) in [5.74, 6) is 0. The average Bonchev–Trinajstić information content (AvgIpc) is 2.40. The van der Waals surface area contributed by atoms with Gasteiger partial charge in [0.15, 0.2) is 0 Å². The minimum absolute atomic E-state index is 0.0552. The summed E-state index contributed by atoms with van der Waals surface area (Å²) in [4.78, 5) is 10.6. The number of carbonyl (C=O) groups is 1. The Bertz CT molecular complexity index is 565. The largest absolute Gasteiger partial charge is 0.380 e. The van der Waals surface area contributed by atoms with Crippen molar-refractivity contribution in [2.45, 2.75) is 26.3 Å². The molecule has 2 rings (SSSR count). The first-order valence-electron chi connectivity index (χ1n) is 6.67. The van der Waals surface area contributed by atoms with E-state index >= 15 is 0 Å². The van der Waals surface area contributed by atoms with E-state index in [0.717, 1.165) is 23.3 Å². The van der Waals surface area contributed by atoms with Gasteiger partial charge in [-0.2, -0.15) is 0 Å². The first-order valence-corrected chi connectivity index (χ1v) is 6.67. The highest BCUT2D eigenvalue weighted by Gasteiger charge is 2.08. The van der Waals surface area contributed by atoms with E-state index in [1.807, 2.05) is 36.4 Å². The zero-order chi connectivity index (χ0) is 14.6. The van der Waals surface area contributed by atoms with Crippen molar-refractivity contribution >= 4 is 23.3 Å². The van der Waals surface area contributed by atoms with Crippen molar-refractivity contribution in [3.05, 3.63) is 54.1 Å². The molecule has 0 bridgehead atoms. The lowest BCUT2D eigenvalue weighted by molar-refractivity contribution is 0.112. The van der Waals surface area contributed by atoms with Crippen molar-refractivity contribution in [3.8, 4) is 0 Å². The lowest BCUT2D eigenvalue weighted by Gasteiger charge is -2.22. The highest BCUT2D eigenvalue weighted by atomic mass is 16.1. The van der Waals surface area contributed by atoms with Gasteiger partial charge in [0.25, 0.3) is 0 Å². The zero-order valence-corrected chi connectivity index (χ0v) is 12.1. The lowest BCUT2D eigenvalue weighted by atomic mass is 10.1. The van der Waals surface area contributed by atoms with Gasteiger partial charge in [-0.1, -0.05) is 0 Å². The highest BCUT2D eigenvalue weighted by molar-refractivity contribution is 5.76. The molecule has 2 aromatic carbocycles. The molecule has 0 aliphatic rings. The third kappa shape index (κ3) is 4.12. The molecule has 0 aromatic heterocycles. The summed E-state index contributed by atoms with van der Waals surface area (Å²) in [5, 5.41) is 6.72. The standard InChI is InChI=1S/C17H20N2O/c1-17(2,3)19-16-10-8-15(9-11-16)18-14-6-4-13(12-20)5-7-14/h4-12,18-19H,1-3H3. The molecule has 0 radical (unpaired) electrons. The van der Waals surface area contributed by atoms with Crippen molar-refractivity contribution in [2.75, 3.05) is 10.6 Å². The molecule has 3 nitrogen and oxygen atoms in total. The average molecular weight is 268 g/mol. The van der Waals surface area contributed by atoms with Gasteiger partial charge in [0.1, 0.15) is 6.29 Å². The van der Waals surface area contributed by atoms with Crippen LogP contribution in [0.2, 0.25) is 0 Å². The topological polar surface area (TPSA) is 41.1 Å². The lowest BCUT2D eigenvalue weighted by Crippen LogP contribution is -2.25. The van der Waals surface area contributed by atoms with Gasteiger partial charge >= 0.3 is 0 Å². The van der Waals surface area contributed by atoms with Gasteiger partial charge < -0.3 is 10.6 Å². The van der Waals surface area contributed by atoms with Crippen LogP contribution in [0.25, 0.3) is 0 Å². The van der Waals surface area contributed by atoms with Gasteiger partial charge in [0.2, 0.25) is 0 Å². The minimum Gasteiger partial charge on any atom is -0.380 e. The van der Waals surface area contributed by atoms with Gasteiger partial charge in [-0.25, -0.2) is 0 Å². The van der Waals surface area contributed by atoms with Gasteiger partial charge in [0, 0.05) is 28.2 Å². The molecular weight excluding hydrogens is 248 g/mol. The Balaban J connectivity index is 2.04. The second-order valence-corrected chi connectivity index (χ2v) is 5.82. The normalized spacial score (nSPS) is 10.9. The van der Waals surface area contributed by atoms with E-state index in [9.17, 15) is 4.79 Å². The summed E-state index contributed by atoms with van der Waals surface area (Å²) in [5.41, 5.74) is 3.81. The number of nitrogens with one attached hydrogen (secondary N) is 2. The van der Waals surface area contributed by atoms with E-state index in [0.29, 0.717) is 5.56 Å². The van der Waals surface area contributed by atoms with Crippen LogP contribution in [-0.4, -0.2) is 11.8 Å². The Labute approximate surface area is 120 Å². The van der Waals surface area contributed by atoms with Crippen LogP contribution in [0.1, 0.15) is 31.1 Å². The van der Waals surface area contributed by atoms with Gasteiger partial charge in [0.05, 0.1) is 0 Å². The fourth-order valence-corrected chi connectivity index (χ4v) is 1.88. The first-order chi connectivity index (χ1) is 9.46.